The van der Waals surface area contributed by atoms with Crippen molar-refractivity contribution < 1.29 is 4.79 Å². The summed E-state index contributed by atoms with van der Waals surface area (Å²) in [4.78, 5) is 14.3. The monoisotopic (exact) mass is 280 g/mol. The van der Waals surface area contributed by atoms with Gasteiger partial charge < -0.3 is 10.6 Å². The molecule has 2 atom stereocenters. The molecular formula is C15H21ClN2O. The minimum atomic E-state index is -0.0286. The van der Waals surface area contributed by atoms with Gasteiger partial charge in [0.05, 0.1) is 16.3 Å². The third-order valence-corrected chi connectivity index (χ3v) is 4.39. The second kappa shape index (κ2) is 5.83. The maximum atomic E-state index is 12.5. The van der Waals surface area contributed by atoms with Crippen molar-refractivity contribution in [1.82, 2.24) is 4.90 Å². The molecular weight excluding hydrogens is 260 g/mol. The topological polar surface area (TPSA) is 46.3 Å². The van der Waals surface area contributed by atoms with Crippen LogP contribution in [0.1, 0.15) is 43.0 Å². The summed E-state index contributed by atoms with van der Waals surface area (Å²) >= 11 is 5.98. The number of benzene rings is 1. The number of nitrogen functional groups attached to an aromatic ring is 1. The maximum Gasteiger partial charge on any atom is 0.255 e. The zero-order valence-corrected chi connectivity index (χ0v) is 12.3. The minimum absolute atomic E-state index is 0.0286. The van der Waals surface area contributed by atoms with Crippen molar-refractivity contribution in [3.05, 3.63) is 28.8 Å². The van der Waals surface area contributed by atoms with Crippen LogP contribution < -0.4 is 5.73 Å². The van der Waals surface area contributed by atoms with Crippen LogP contribution in [0.2, 0.25) is 5.02 Å². The van der Waals surface area contributed by atoms with E-state index in [2.05, 4.69) is 6.92 Å². The van der Waals surface area contributed by atoms with Crippen LogP contribution in [0.25, 0.3) is 0 Å². The van der Waals surface area contributed by atoms with Crippen molar-refractivity contribution in [3.8, 4) is 0 Å². The van der Waals surface area contributed by atoms with Crippen molar-refractivity contribution in [2.75, 3.05) is 12.8 Å². The Morgan fingerprint density at radius 3 is 2.84 bits per heavy atom. The van der Waals surface area contributed by atoms with E-state index in [4.69, 9.17) is 17.3 Å². The Morgan fingerprint density at radius 1 is 1.42 bits per heavy atom. The average molecular weight is 281 g/mol. The fraction of sp³-hybridized carbons (Fsp3) is 0.533. The lowest BCUT2D eigenvalue weighted by Crippen LogP contribution is -2.40. The third kappa shape index (κ3) is 3.03. The van der Waals surface area contributed by atoms with Gasteiger partial charge in [0, 0.05) is 13.1 Å². The van der Waals surface area contributed by atoms with Gasteiger partial charge in [-0.1, -0.05) is 37.4 Å². The number of hydrogen-bond donors (Lipinski definition) is 1. The summed E-state index contributed by atoms with van der Waals surface area (Å²) in [5, 5.41) is 0.441. The Hall–Kier alpha value is -1.22. The highest BCUT2D eigenvalue weighted by molar-refractivity contribution is 6.33. The Kier molecular flexibility index (Phi) is 4.35. The number of hydrogen-bond acceptors (Lipinski definition) is 2. The number of rotatable bonds is 2. The van der Waals surface area contributed by atoms with Crippen LogP contribution in [0, 0.1) is 5.92 Å². The number of amides is 1. The molecule has 1 saturated carbocycles. The molecule has 0 saturated heterocycles. The summed E-state index contributed by atoms with van der Waals surface area (Å²) < 4.78 is 0. The molecule has 0 aliphatic heterocycles. The van der Waals surface area contributed by atoms with E-state index in [-0.39, 0.29) is 5.91 Å². The van der Waals surface area contributed by atoms with Gasteiger partial charge in [-0.25, -0.2) is 0 Å². The summed E-state index contributed by atoms with van der Waals surface area (Å²) in [5.41, 5.74) is 6.79. The Bertz CT molecular complexity index is 475. The molecule has 104 valence electrons. The van der Waals surface area contributed by atoms with Crippen LogP contribution in [-0.4, -0.2) is 23.9 Å². The molecule has 1 aromatic rings. The van der Waals surface area contributed by atoms with Gasteiger partial charge in [0.1, 0.15) is 0 Å². The smallest absolute Gasteiger partial charge is 0.255 e. The fourth-order valence-electron chi connectivity index (χ4n) is 2.83. The van der Waals surface area contributed by atoms with E-state index in [0.29, 0.717) is 28.2 Å². The molecule has 3 nitrogen and oxygen atoms in total. The molecule has 0 aromatic heterocycles. The van der Waals surface area contributed by atoms with Gasteiger partial charge in [0.2, 0.25) is 0 Å². The SMILES string of the molecule is CC1CCCC(N(C)C(=O)c2cccc(Cl)c2N)C1. The number of carbonyl (C=O) groups is 1. The molecule has 0 spiro atoms. The summed E-state index contributed by atoms with van der Waals surface area (Å²) in [6, 6.07) is 5.53. The maximum absolute atomic E-state index is 12.5. The molecule has 2 N–H and O–H groups in total. The lowest BCUT2D eigenvalue weighted by atomic mass is 9.86. The molecule has 0 heterocycles. The van der Waals surface area contributed by atoms with Crippen molar-refractivity contribution in [3.63, 3.8) is 0 Å². The van der Waals surface area contributed by atoms with Crippen molar-refractivity contribution in [2.45, 2.75) is 38.6 Å². The molecule has 19 heavy (non-hydrogen) atoms. The first-order chi connectivity index (χ1) is 9.00. The minimum Gasteiger partial charge on any atom is -0.397 e. The first-order valence-corrected chi connectivity index (χ1v) is 7.19. The molecule has 2 rings (SSSR count). The molecule has 1 aliphatic rings. The van der Waals surface area contributed by atoms with Crippen LogP contribution in [0.4, 0.5) is 5.69 Å². The summed E-state index contributed by atoms with van der Waals surface area (Å²) in [7, 11) is 1.87. The predicted octanol–water partition coefficient (Wildman–Crippen LogP) is 3.57. The van der Waals surface area contributed by atoms with Crippen LogP contribution in [0.3, 0.4) is 0 Å². The normalized spacial score (nSPS) is 23.1. The van der Waals surface area contributed by atoms with Gasteiger partial charge in [-0.15, -0.1) is 0 Å². The quantitative estimate of drug-likeness (QED) is 0.842. The van der Waals surface area contributed by atoms with E-state index >= 15 is 0 Å². The number of halogens is 1. The highest BCUT2D eigenvalue weighted by Gasteiger charge is 2.27. The number of nitrogens with zero attached hydrogens (tertiary/aromatic N) is 1. The van der Waals surface area contributed by atoms with Gasteiger partial charge in [-0.05, 0) is 30.9 Å². The first kappa shape index (κ1) is 14.2. The first-order valence-electron chi connectivity index (χ1n) is 6.82. The van der Waals surface area contributed by atoms with Crippen molar-refractivity contribution >= 4 is 23.2 Å². The molecule has 1 amide bonds. The molecule has 1 aliphatic carbocycles. The third-order valence-electron chi connectivity index (χ3n) is 4.06. The molecule has 2 unspecified atom stereocenters. The lowest BCUT2D eigenvalue weighted by molar-refractivity contribution is 0.0673. The lowest BCUT2D eigenvalue weighted by Gasteiger charge is -2.34. The number of carbonyl (C=O) groups excluding carboxylic acids is 1. The summed E-state index contributed by atoms with van der Waals surface area (Å²) in [6.07, 6.45) is 4.60. The van der Waals surface area contributed by atoms with Crippen LogP contribution in [0.15, 0.2) is 18.2 Å². The van der Waals surface area contributed by atoms with Crippen LogP contribution in [0.5, 0.6) is 0 Å². The summed E-state index contributed by atoms with van der Waals surface area (Å²) in [6.45, 7) is 2.25. The second-order valence-electron chi connectivity index (χ2n) is 5.54. The van der Waals surface area contributed by atoms with Crippen LogP contribution >= 0.6 is 11.6 Å². The Balaban J connectivity index is 2.16. The van der Waals surface area contributed by atoms with Crippen molar-refractivity contribution in [2.24, 2.45) is 5.92 Å². The summed E-state index contributed by atoms with van der Waals surface area (Å²) in [5.74, 6) is 0.657. The van der Waals surface area contributed by atoms with Crippen molar-refractivity contribution in [1.29, 1.82) is 0 Å². The number of para-hydroxylation sites is 1. The van der Waals surface area contributed by atoms with E-state index in [0.717, 1.165) is 12.8 Å². The second-order valence-corrected chi connectivity index (χ2v) is 5.95. The highest BCUT2D eigenvalue weighted by atomic mass is 35.5. The average Bonchev–Trinajstić information content (AvgIpc) is 2.40. The van der Waals surface area contributed by atoms with E-state index in [1.807, 2.05) is 11.9 Å². The van der Waals surface area contributed by atoms with Gasteiger partial charge in [-0.2, -0.15) is 0 Å². The molecule has 0 radical (unpaired) electrons. The predicted molar refractivity (Wildman–Crippen MR) is 79.4 cm³/mol. The molecule has 4 heteroatoms. The largest absolute Gasteiger partial charge is 0.397 e. The van der Waals surface area contributed by atoms with Gasteiger partial charge in [-0.3, -0.25) is 4.79 Å². The zero-order chi connectivity index (χ0) is 14.0. The standard InChI is InChI=1S/C15H21ClN2O/c1-10-5-3-6-11(9-10)18(2)15(19)12-7-4-8-13(16)14(12)17/h4,7-8,10-11H,3,5-6,9,17H2,1-2H3. The fourth-order valence-corrected chi connectivity index (χ4v) is 3.01. The molecule has 1 fully saturated rings. The Morgan fingerprint density at radius 2 is 2.16 bits per heavy atom. The van der Waals surface area contributed by atoms with E-state index in [9.17, 15) is 4.79 Å². The van der Waals surface area contributed by atoms with E-state index < -0.39 is 0 Å². The molecule has 0 bridgehead atoms. The van der Waals surface area contributed by atoms with Gasteiger partial charge >= 0.3 is 0 Å². The highest BCUT2D eigenvalue weighted by Crippen LogP contribution is 2.29. The molecule has 1 aromatic carbocycles. The van der Waals surface area contributed by atoms with Gasteiger partial charge in [0.25, 0.3) is 5.91 Å². The van der Waals surface area contributed by atoms with Gasteiger partial charge in [0.15, 0.2) is 0 Å². The number of anilines is 1. The van der Waals surface area contributed by atoms with E-state index in [1.54, 1.807) is 18.2 Å². The van der Waals surface area contributed by atoms with Crippen LogP contribution in [-0.2, 0) is 0 Å². The Labute approximate surface area is 119 Å². The zero-order valence-electron chi connectivity index (χ0n) is 11.5. The van der Waals surface area contributed by atoms with E-state index in [1.165, 1.54) is 12.8 Å². The number of nitrogens with two attached hydrogens (primary N) is 1.